The molecule has 0 aromatic heterocycles. The van der Waals surface area contributed by atoms with Gasteiger partial charge in [0.1, 0.15) is 17.4 Å². The molecule has 74 valence electrons. The predicted octanol–water partition coefficient (Wildman–Crippen LogP) is 3.39. The Balaban J connectivity index is 2.97. The molecule has 2 nitrogen and oxygen atoms in total. The van der Waals surface area contributed by atoms with Gasteiger partial charge in [0.15, 0.2) is 0 Å². The lowest BCUT2D eigenvalue weighted by Crippen LogP contribution is -2.22. The van der Waals surface area contributed by atoms with Crippen LogP contribution in [0, 0.1) is 11.3 Å². The van der Waals surface area contributed by atoms with Crippen LogP contribution in [0.2, 0.25) is 5.02 Å². The molecule has 0 saturated carbocycles. The maximum atomic E-state index is 8.75. The highest BCUT2D eigenvalue weighted by Crippen LogP contribution is 2.24. The largest absolute Gasteiger partial charge is 0.488 e. The number of hydrogen-bond donors (Lipinski definition) is 0. The molecule has 1 aromatic carbocycles. The van der Waals surface area contributed by atoms with E-state index in [2.05, 4.69) is 0 Å². The zero-order valence-corrected chi connectivity index (χ0v) is 9.22. The van der Waals surface area contributed by atoms with Gasteiger partial charge in [-0.3, -0.25) is 0 Å². The van der Waals surface area contributed by atoms with Gasteiger partial charge in [0.05, 0.1) is 10.6 Å². The fraction of sp³-hybridized carbons (Fsp3) is 0.364. The topological polar surface area (TPSA) is 33.0 Å². The Labute approximate surface area is 89.1 Å². The van der Waals surface area contributed by atoms with Crippen LogP contribution in [0.4, 0.5) is 0 Å². The zero-order chi connectivity index (χ0) is 10.8. The van der Waals surface area contributed by atoms with Gasteiger partial charge in [0.2, 0.25) is 0 Å². The Bertz CT molecular complexity index is 374. The molecule has 3 heteroatoms. The molecular weight excluding hydrogens is 198 g/mol. The summed E-state index contributed by atoms with van der Waals surface area (Å²) in [7, 11) is 0. The van der Waals surface area contributed by atoms with E-state index in [1.165, 1.54) is 0 Å². The molecule has 0 aliphatic carbocycles. The molecule has 0 heterocycles. The quantitative estimate of drug-likeness (QED) is 0.710. The van der Waals surface area contributed by atoms with Crippen LogP contribution in [0.25, 0.3) is 0 Å². The van der Waals surface area contributed by atoms with Gasteiger partial charge in [-0.25, -0.2) is 0 Å². The van der Waals surface area contributed by atoms with E-state index in [9.17, 15) is 0 Å². The van der Waals surface area contributed by atoms with Crippen molar-refractivity contribution >= 4 is 11.6 Å². The zero-order valence-electron chi connectivity index (χ0n) is 8.47. The van der Waals surface area contributed by atoms with Crippen LogP contribution in [0.15, 0.2) is 18.2 Å². The van der Waals surface area contributed by atoms with E-state index in [-0.39, 0.29) is 5.60 Å². The highest BCUT2D eigenvalue weighted by molar-refractivity contribution is 6.31. The third kappa shape index (κ3) is 2.93. The van der Waals surface area contributed by atoms with E-state index >= 15 is 0 Å². The Morgan fingerprint density at radius 1 is 1.36 bits per heavy atom. The molecule has 0 saturated heterocycles. The van der Waals surface area contributed by atoms with Crippen molar-refractivity contribution in [2.75, 3.05) is 0 Å². The van der Waals surface area contributed by atoms with Gasteiger partial charge in [0, 0.05) is 0 Å². The van der Waals surface area contributed by atoms with Gasteiger partial charge >= 0.3 is 0 Å². The molecule has 0 atom stereocenters. The van der Waals surface area contributed by atoms with Crippen LogP contribution >= 0.6 is 11.6 Å². The number of hydrogen-bond acceptors (Lipinski definition) is 2. The summed E-state index contributed by atoms with van der Waals surface area (Å²) in [6.45, 7) is 5.86. The van der Waals surface area contributed by atoms with Crippen LogP contribution < -0.4 is 4.74 Å². The molecule has 0 bridgehead atoms. The minimum Gasteiger partial charge on any atom is -0.488 e. The van der Waals surface area contributed by atoms with E-state index in [0.717, 1.165) is 0 Å². The average molecular weight is 210 g/mol. The molecular formula is C11H12ClNO. The third-order valence-electron chi connectivity index (χ3n) is 1.48. The summed E-state index contributed by atoms with van der Waals surface area (Å²) in [5.74, 6) is 0.665. The number of nitriles is 1. The number of halogens is 1. The first-order valence-corrected chi connectivity index (χ1v) is 4.69. The summed E-state index contributed by atoms with van der Waals surface area (Å²) in [5.41, 5.74) is 0.175. The van der Waals surface area contributed by atoms with E-state index in [4.69, 9.17) is 21.6 Å². The molecule has 0 aliphatic heterocycles. The van der Waals surface area contributed by atoms with Gasteiger partial charge in [-0.15, -0.1) is 0 Å². The molecule has 0 radical (unpaired) electrons. The monoisotopic (exact) mass is 209 g/mol. The normalized spacial score (nSPS) is 10.8. The van der Waals surface area contributed by atoms with Crippen molar-refractivity contribution in [2.45, 2.75) is 26.4 Å². The first-order valence-electron chi connectivity index (χ1n) is 4.31. The predicted molar refractivity (Wildman–Crippen MR) is 56.5 cm³/mol. The minimum atomic E-state index is -0.263. The second-order valence-electron chi connectivity index (χ2n) is 3.97. The van der Waals surface area contributed by atoms with E-state index < -0.39 is 0 Å². The fourth-order valence-electron chi connectivity index (χ4n) is 1.01. The summed E-state index contributed by atoms with van der Waals surface area (Å²) >= 11 is 5.79. The van der Waals surface area contributed by atoms with Crippen molar-refractivity contribution in [3.05, 3.63) is 28.8 Å². The lowest BCUT2D eigenvalue weighted by molar-refractivity contribution is 0.131. The molecule has 0 spiro atoms. The first kappa shape index (κ1) is 10.9. The van der Waals surface area contributed by atoms with Gasteiger partial charge in [-0.05, 0) is 39.0 Å². The molecule has 1 rings (SSSR count). The SMILES string of the molecule is CC(C)(C)Oc1ccc(Cl)c(C#N)c1. The lowest BCUT2D eigenvalue weighted by atomic mass is 10.2. The van der Waals surface area contributed by atoms with Crippen molar-refractivity contribution in [3.8, 4) is 11.8 Å². The van der Waals surface area contributed by atoms with Gasteiger partial charge in [-0.1, -0.05) is 11.6 Å². The number of rotatable bonds is 1. The van der Waals surface area contributed by atoms with Crippen LogP contribution in [0.1, 0.15) is 26.3 Å². The van der Waals surface area contributed by atoms with Gasteiger partial charge < -0.3 is 4.74 Å². The summed E-state index contributed by atoms with van der Waals surface area (Å²) in [6.07, 6.45) is 0. The summed E-state index contributed by atoms with van der Waals surface area (Å²) < 4.78 is 5.59. The molecule has 0 unspecified atom stereocenters. The standard InChI is InChI=1S/C11H12ClNO/c1-11(2,3)14-9-4-5-10(12)8(6-9)7-13/h4-6H,1-3H3. The number of ether oxygens (including phenoxy) is 1. The van der Waals surface area contributed by atoms with Crippen LogP contribution in [-0.2, 0) is 0 Å². The molecule has 0 amide bonds. The summed E-state index contributed by atoms with van der Waals surface area (Å²) in [6, 6.07) is 7.08. The maximum absolute atomic E-state index is 8.75. The van der Waals surface area contributed by atoms with Crippen molar-refractivity contribution in [1.29, 1.82) is 5.26 Å². The molecule has 0 fully saturated rings. The molecule has 14 heavy (non-hydrogen) atoms. The van der Waals surface area contributed by atoms with Crippen molar-refractivity contribution < 1.29 is 4.74 Å². The van der Waals surface area contributed by atoms with Crippen molar-refractivity contribution in [2.24, 2.45) is 0 Å². The van der Waals surface area contributed by atoms with Crippen LogP contribution in [-0.4, -0.2) is 5.60 Å². The molecule has 0 aliphatic rings. The fourth-order valence-corrected chi connectivity index (χ4v) is 1.17. The van der Waals surface area contributed by atoms with Crippen LogP contribution in [0.3, 0.4) is 0 Å². The third-order valence-corrected chi connectivity index (χ3v) is 1.81. The first-order chi connectivity index (χ1) is 6.42. The Morgan fingerprint density at radius 3 is 2.50 bits per heavy atom. The highest BCUT2D eigenvalue weighted by Gasteiger charge is 2.12. The van der Waals surface area contributed by atoms with Crippen molar-refractivity contribution in [1.82, 2.24) is 0 Å². The highest BCUT2D eigenvalue weighted by atomic mass is 35.5. The van der Waals surface area contributed by atoms with E-state index in [0.29, 0.717) is 16.3 Å². The maximum Gasteiger partial charge on any atom is 0.121 e. The summed E-state index contributed by atoms with van der Waals surface area (Å²) in [5, 5.41) is 9.20. The summed E-state index contributed by atoms with van der Waals surface area (Å²) in [4.78, 5) is 0. The smallest absolute Gasteiger partial charge is 0.121 e. The van der Waals surface area contributed by atoms with Gasteiger partial charge in [0.25, 0.3) is 0 Å². The average Bonchev–Trinajstić information content (AvgIpc) is 2.06. The van der Waals surface area contributed by atoms with Gasteiger partial charge in [-0.2, -0.15) is 5.26 Å². The van der Waals surface area contributed by atoms with Crippen LogP contribution in [0.5, 0.6) is 5.75 Å². The molecule has 0 N–H and O–H groups in total. The minimum absolute atomic E-state index is 0.263. The van der Waals surface area contributed by atoms with Crippen molar-refractivity contribution in [3.63, 3.8) is 0 Å². The van der Waals surface area contributed by atoms with E-state index in [1.807, 2.05) is 26.8 Å². The Kier molecular flexibility index (Phi) is 3.03. The molecule has 1 aromatic rings. The second kappa shape index (κ2) is 3.89. The van der Waals surface area contributed by atoms with E-state index in [1.54, 1.807) is 18.2 Å². The number of nitrogens with zero attached hydrogens (tertiary/aromatic N) is 1. The second-order valence-corrected chi connectivity index (χ2v) is 4.38. The number of benzene rings is 1. The lowest BCUT2D eigenvalue weighted by Gasteiger charge is -2.21. The Hall–Kier alpha value is -1.20. The Morgan fingerprint density at radius 2 is 2.00 bits per heavy atom.